The van der Waals surface area contributed by atoms with Crippen molar-refractivity contribution in [2.75, 3.05) is 13.2 Å². The number of rotatable bonds is 5. The molecule has 1 aliphatic heterocycles. The van der Waals surface area contributed by atoms with E-state index in [-0.39, 0.29) is 23.3 Å². The fraction of sp³-hybridized carbons (Fsp3) is 0.857. The fourth-order valence-electron chi connectivity index (χ4n) is 3.52. The molecule has 0 aromatic carbocycles. The van der Waals surface area contributed by atoms with Gasteiger partial charge in [-0.15, -0.1) is 0 Å². The van der Waals surface area contributed by atoms with Gasteiger partial charge in [0, 0.05) is 30.9 Å². The first kappa shape index (κ1) is 14.3. The maximum Gasteiger partial charge on any atom is 0.241 e. The summed E-state index contributed by atoms with van der Waals surface area (Å²) < 4.78 is 5.67. The van der Waals surface area contributed by atoms with Crippen molar-refractivity contribution in [3.05, 3.63) is 0 Å². The highest BCUT2D eigenvalue weighted by atomic mass is 16.5. The zero-order valence-electron chi connectivity index (χ0n) is 11.7. The maximum absolute atomic E-state index is 12.4. The number of nitrogens with one attached hydrogen (secondary N) is 1. The number of nitrogens with two attached hydrogens (primary N) is 1. The van der Waals surface area contributed by atoms with Gasteiger partial charge in [-0.1, -0.05) is 13.8 Å². The fourth-order valence-corrected chi connectivity index (χ4v) is 3.52. The smallest absolute Gasteiger partial charge is 0.241 e. The summed E-state index contributed by atoms with van der Waals surface area (Å²) in [6.07, 6.45) is 3.15. The molecule has 0 radical (unpaired) electrons. The van der Waals surface area contributed by atoms with Crippen LogP contribution in [-0.2, 0) is 9.53 Å². The molecule has 3 atom stereocenters. The van der Waals surface area contributed by atoms with Gasteiger partial charge in [0.25, 0.3) is 0 Å². The third kappa shape index (κ3) is 2.03. The predicted molar refractivity (Wildman–Crippen MR) is 71.0 cm³/mol. The molecule has 5 heteroatoms. The molecular weight excluding hydrogens is 242 g/mol. The Labute approximate surface area is 114 Å². The zero-order valence-corrected chi connectivity index (χ0v) is 11.7. The quantitative estimate of drug-likeness (QED) is 0.724. The van der Waals surface area contributed by atoms with Crippen molar-refractivity contribution in [1.29, 1.82) is 5.26 Å². The van der Waals surface area contributed by atoms with Crippen LogP contribution < -0.4 is 11.1 Å². The molecule has 0 aromatic heterocycles. The Hall–Kier alpha value is -1.12. The summed E-state index contributed by atoms with van der Waals surface area (Å²) in [7, 11) is 0. The molecule has 1 heterocycles. The Bertz CT molecular complexity index is 402. The largest absolute Gasteiger partial charge is 0.377 e. The van der Waals surface area contributed by atoms with Crippen molar-refractivity contribution < 1.29 is 9.53 Å². The second-order valence-electron chi connectivity index (χ2n) is 6.15. The van der Waals surface area contributed by atoms with E-state index >= 15 is 0 Å². The van der Waals surface area contributed by atoms with E-state index < -0.39 is 5.54 Å². The van der Waals surface area contributed by atoms with Gasteiger partial charge in [-0.05, 0) is 19.3 Å². The molecule has 1 saturated heterocycles. The SMILES string of the molecule is CC1(C)C2OCCC2C1(N)C(=O)NCCCCC#N. The van der Waals surface area contributed by atoms with Crippen LogP contribution in [0.1, 0.15) is 39.5 Å². The second kappa shape index (κ2) is 5.10. The van der Waals surface area contributed by atoms with Gasteiger partial charge >= 0.3 is 0 Å². The highest BCUT2D eigenvalue weighted by molar-refractivity contribution is 5.89. The van der Waals surface area contributed by atoms with Crippen molar-refractivity contribution in [2.24, 2.45) is 17.1 Å². The number of nitrogens with zero attached hydrogens (tertiary/aromatic N) is 1. The minimum Gasteiger partial charge on any atom is -0.377 e. The Balaban J connectivity index is 1.89. The molecule has 3 unspecified atom stereocenters. The number of unbranched alkanes of at least 4 members (excludes halogenated alkanes) is 2. The maximum atomic E-state index is 12.4. The van der Waals surface area contributed by atoms with Crippen molar-refractivity contribution in [3.8, 4) is 6.07 Å². The molecule has 2 rings (SSSR count). The van der Waals surface area contributed by atoms with Gasteiger partial charge < -0.3 is 15.8 Å². The third-order valence-electron chi connectivity index (χ3n) is 4.83. The Kier molecular flexibility index (Phi) is 3.84. The molecule has 0 spiro atoms. The van der Waals surface area contributed by atoms with Gasteiger partial charge in [0.2, 0.25) is 5.91 Å². The molecule has 1 saturated carbocycles. The Morgan fingerprint density at radius 2 is 2.26 bits per heavy atom. The standard InChI is InChI=1S/C14H23N3O2/c1-13(2)11-10(6-9-19-11)14(13,16)12(18)17-8-5-3-4-7-15/h10-11H,3-6,8-9,16H2,1-2H3,(H,17,18). The summed E-state index contributed by atoms with van der Waals surface area (Å²) in [6.45, 7) is 5.31. The summed E-state index contributed by atoms with van der Waals surface area (Å²) in [5.74, 6) is 0.0721. The summed E-state index contributed by atoms with van der Waals surface area (Å²) >= 11 is 0. The van der Waals surface area contributed by atoms with Crippen LogP contribution in [0.15, 0.2) is 0 Å². The van der Waals surface area contributed by atoms with Crippen molar-refractivity contribution in [2.45, 2.75) is 51.2 Å². The number of ether oxygens (including phenoxy) is 1. The van der Waals surface area contributed by atoms with E-state index in [4.69, 9.17) is 15.7 Å². The van der Waals surface area contributed by atoms with Crippen molar-refractivity contribution >= 4 is 5.91 Å². The van der Waals surface area contributed by atoms with E-state index in [0.717, 1.165) is 19.3 Å². The van der Waals surface area contributed by atoms with Crippen LogP contribution in [0.4, 0.5) is 0 Å². The summed E-state index contributed by atoms with van der Waals surface area (Å²) in [5.41, 5.74) is 5.28. The normalized spacial score (nSPS) is 35.1. The molecule has 0 aromatic rings. The molecule has 2 aliphatic rings. The van der Waals surface area contributed by atoms with Crippen LogP contribution in [0, 0.1) is 22.7 Å². The molecule has 5 nitrogen and oxygen atoms in total. The summed E-state index contributed by atoms with van der Waals surface area (Å²) in [4.78, 5) is 12.4. The number of fused-ring (bicyclic) bond motifs is 1. The lowest BCUT2D eigenvalue weighted by molar-refractivity contribution is -0.175. The number of hydrogen-bond donors (Lipinski definition) is 2. The lowest BCUT2D eigenvalue weighted by atomic mass is 9.48. The van der Waals surface area contributed by atoms with Gasteiger partial charge in [0.05, 0.1) is 12.2 Å². The number of carbonyl (C=O) groups excluding carboxylic acids is 1. The molecule has 1 amide bonds. The summed E-state index contributed by atoms with van der Waals surface area (Å²) in [5, 5.41) is 11.4. The van der Waals surface area contributed by atoms with E-state index in [0.29, 0.717) is 19.6 Å². The van der Waals surface area contributed by atoms with E-state index in [1.54, 1.807) is 0 Å². The number of nitriles is 1. The van der Waals surface area contributed by atoms with Gasteiger partial charge in [0.15, 0.2) is 0 Å². The molecule has 106 valence electrons. The van der Waals surface area contributed by atoms with Crippen LogP contribution >= 0.6 is 0 Å². The molecular formula is C14H23N3O2. The zero-order chi connectivity index (χ0) is 14.1. The minimum absolute atomic E-state index is 0.0683. The molecule has 3 N–H and O–H groups in total. The van der Waals surface area contributed by atoms with Crippen LogP contribution in [0.2, 0.25) is 0 Å². The van der Waals surface area contributed by atoms with Crippen LogP contribution in [0.25, 0.3) is 0 Å². The summed E-state index contributed by atoms with van der Waals surface area (Å²) in [6, 6.07) is 2.10. The second-order valence-corrected chi connectivity index (χ2v) is 6.15. The predicted octanol–water partition coefficient (Wildman–Crippen LogP) is 0.939. The lowest BCUT2D eigenvalue weighted by Crippen LogP contribution is -2.80. The first-order chi connectivity index (χ1) is 8.96. The Morgan fingerprint density at radius 1 is 1.53 bits per heavy atom. The van der Waals surface area contributed by atoms with Crippen molar-refractivity contribution in [1.82, 2.24) is 5.32 Å². The Morgan fingerprint density at radius 3 is 2.95 bits per heavy atom. The molecule has 1 aliphatic carbocycles. The van der Waals surface area contributed by atoms with Crippen LogP contribution in [-0.4, -0.2) is 30.7 Å². The van der Waals surface area contributed by atoms with E-state index in [1.807, 2.05) is 13.8 Å². The first-order valence-corrected chi connectivity index (χ1v) is 7.02. The van der Waals surface area contributed by atoms with E-state index in [1.165, 1.54) is 0 Å². The van der Waals surface area contributed by atoms with E-state index in [2.05, 4.69) is 11.4 Å². The molecule has 2 fully saturated rings. The average Bonchev–Trinajstić information content (AvgIpc) is 2.85. The highest BCUT2D eigenvalue weighted by Gasteiger charge is 2.71. The van der Waals surface area contributed by atoms with Crippen LogP contribution in [0.5, 0.6) is 0 Å². The van der Waals surface area contributed by atoms with Gasteiger partial charge in [-0.25, -0.2) is 0 Å². The molecule has 19 heavy (non-hydrogen) atoms. The minimum atomic E-state index is -0.816. The number of carbonyl (C=O) groups is 1. The van der Waals surface area contributed by atoms with Gasteiger partial charge in [-0.3, -0.25) is 4.79 Å². The van der Waals surface area contributed by atoms with Crippen molar-refractivity contribution in [3.63, 3.8) is 0 Å². The van der Waals surface area contributed by atoms with Crippen LogP contribution in [0.3, 0.4) is 0 Å². The molecule has 0 bridgehead atoms. The lowest BCUT2D eigenvalue weighted by Gasteiger charge is -2.60. The average molecular weight is 265 g/mol. The first-order valence-electron chi connectivity index (χ1n) is 7.02. The number of hydrogen-bond acceptors (Lipinski definition) is 4. The third-order valence-corrected chi connectivity index (χ3v) is 4.83. The topological polar surface area (TPSA) is 88.1 Å². The highest BCUT2D eigenvalue weighted by Crippen LogP contribution is 2.58. The number of amides is 1. The van der Waals surface area contributed by atoms with E-state index in [9.17, 15) is 4.79 Å². The monoisotopic (exact) mass is 265 g/mol. The van der Waals surface area contributed by atoms with Gasteiger partial charge in [0.1, 0.15) is 5.54 Å². The van der Waals surface area contributed by atoms with Gasteiger partial charge in [-0.2, -0.15) is 5.26 Å².